The van der Waals surface area contributed by atoms with Gasteiger partial charge in [0.05, 0.1) is 11.6 Å². The number of fused-ring (bicyclic) bond motifs is 2. The lowest BCUT2D eigenvalue weighted by Gasteiger charge is -2.35. The predicted octanol–water partition coefficient (Wildman–Crippen LogP) is 3.84. The van der Waals surface area contributed by atoms with Crippen molar-refractivity contribution in [2.24, 2.45) is 0 Å². The summed E-state index contributed by atoms with van der Waals surface area (Å²) in [6.45, 7) is 2.40. The summed E-state index contributed by atoms with van der Waals surface area (Å²) in [5.74, 6) is -0.522. The molecule has 2 N–H and O–H groups in total. The van der Waals surface area contributed by atoms with E-state index in [1.54, 1.807) is 12.1 Å². The lowest BCUT2D eigenvalue weighted by atomic mass is 9.69. The first kappa shape index (κ1) is 19.6. The third-order valence-electron chi connectivity index (χ3n) is 5.66. The number of nitrogens with zero attached hydrogens (tertiary/aromatic N) is 1. The lowest BCUT2D eigenvalue weighted by Crippen LogP contribution is -2.41. The van der Waals surface area contributed by atoms with Crippen molar-refractivity contribution in [3.63, 3.8) is 0 Å². The van der Waals surface area contributed by atoms with Crippen LogP contribution in [0, 0.1) is 5.82 Å². The molecule has 2 amide bonds. The number of halogens is 2. The summed E-state index contributed by atoms with van der Waals surface area (Å²) in [7, 11) is 0. The summed E-state index contributed by atoms with van der Waals surface area (Å²) in [6.07, 6.45) is 3.29. The first-order chi connectivity index (χ1) is 13.9. The zero-order valence-corrected chi connectivity index (χ0v) is 16.7. The number of benzene rings is 1. The SMILES string of the molecule is CCNC(=O)c1ccc2c(c1)C1(CCC(Oc3ncc(F)cc3Cl)CC1)C(=O)N2. The van der Waals surface area contributed by atoms with E-state index in [1.165, 1.54) is 0 Å². The molecule has 0 bridgehead atoms. The van der Waals surface area contributed by atoms with Gasteiger partial charge in [-0.15, -0.1) is 0 Å². The molecule has 0 saturated heterocycles. The molecule has 2 heterocycles. The van der Waals surface area contributed by atoms with Gasteiger partial charge in [0.15, 0.2) is 0 Å². The molecule has 2 aromatic rings. The molecule has 4 rings (SSSR count). The molecule has 1 saturated carbocycles. The van der Waals surface area contributed by atoms with Crippen molar-refractivity contribution in [3.8, 4) is 5.88 Å². The second-order valence-corrected chi connectivity index (χ2v) is 7.82. The Bertz CT molecular complexity index is 974. The van der Waals surface area contributed by atoms with Gasteiger partial charge in [0.2, 0.25) is 11.8 Å². The Kier molecular flexibility index (Phi) is 5.17. The van der Waals surface area contributed by atoms with E-state index in [9.17, 15) is 14.0 Å². The standard InChI is InChI=1S/C21H21ClFN3O3/c1-2-24-18(27)12-3-4-17-15(9-12)21(20(28)26-17)7-5-14(6-8-21)29-19-16(22)10-13(23)11-25-19/h3-4,9-11,14H,2,5-8H2,1H3,(H,24,27)(H,26,28). The van der Waals surface area contributed by atoms with E-state index in [0.717, 1.165) is 23.5 Å². The monoisotopic (exact) mass is 417 g/mol. The zero-order valence-electron chi connectivity index (χ0n) is 15.9. The van der Waals surface area contributed by atoms with Gasteiger partial charge >= 0.3 is 0 Å². The van der Waals surface area contributed by atoms with E-state index in [-0.39, 0.29) is 28.8 Å². The number of hydrogen-bond donors (Lipinski definition) is 2. The fourth-order valence-corrected chi connectivity index (χ4v) is 4.36. The summed E-state index contributed by atoms with van der Waals surface area (Å²) in [5, 5.41) is 5.86. The van der Waals surface area contributed by atoms with Gasteiger partial charge in [0.25, 0.3) is 5.91 Å². The Labute approximate surface area is 172 Å². The van der Waals surface area contributed by atoms with E-state index in [2.05, 4.69) is 15.6 Å². The van der Waals surface area contributed by atoms with Crippen LogP contribution in [0.5, 0.6) is 5.88 Å². The Morgan fingerprint density at radius 2 is 2.14 bits per heavy atom. The molecule has 1 spiro atoms. The number of pyridine rings is 1. The predicted molar refractivity (Wildman–Crippen MR) is 107 cm³/mol. The van der Waals surface area contributed by atoms with Crippen molar-refractivity contribution in [1.82, 2.24) is 10.3 Å². The summed E-state index contributed by atoms with van der Waals surface area (Å²) >= 11 is 6.00. The molecule has 0 atom stereocenters. The Morgan fingerprint density at radius 3 is 2.83 bits per heavy atom. The Morgan fingerprint density at radius 1 is 1.38 bits per heavy atom. The van der Waals surface area contributed by atoms with Gasteiger partial charge in [-0.3, -0.25) is 9.59 Å². The Hall–Kier alpha value is -2.67. The largest absolute Gasteiger partial charge is 0.473 e. The highest BCUT2D eigenvalue weighted by Crippen LogP contribution is 2.48. The van der Waals surface area contributed by atoms with E-state index >= 15 is 0 Å². The van der Waals surface area contributed by atoms with Crippen LogP contribution in [0.25, 0.3) is 0 Å². The molecule has 1 aromatic carbocycles. The minimum Gasteiger partial charge on any atom is -0.473 e. The Balaban J connectivity index is 1.53. The van der Waals surface area contributed by atoms with Gasteiger partial charge in [-0.25, -0.2) is 9.37 Å². The number of rotatable bonds is 4. The van der Waals surface area contributed by atoms with Crippen LogP contribution in [-0.2, 0) is 10.2 Å². The average Bonchev–Trinajstić information content (AvgIpc) is 2.97. The van der Waals surface area contributed by atoms with Crippen LogP contribution in [0.15, 0.2) is 30.5 Å². The molecule has 1 fully saturated rings. The molecule has 1 aromatic heterocycles. The highest BCUT2D eigenvalue weighted by atomic mass is 35.5. The van der Waals surface area contributed by atoms with Gasteiger partial charge in [0, 0.05) is 17.8 Å². The first-order valence-corrected chi connectivity index (χ1v) is 10.0. The van der Waals surface area contributed by atoms with Crippen molar-refractivity contribution in [2.75, 3.05) is 11.9 Å². The molecule has 2 aliphatic rings. The summed E-state index contributed by atoms with van der Waals surface area (Å²) in [5.41, 5.74) is 1.49. The fraction of sp³-hybridized carbons (Fsp3) is 0.381. The number of anilines is 1. The fourth-order valence-electron chi connectivity index (χ4n) is 4.16. The van der Waals surface area contributed by atoms with Gasteiger partial charge in [-0.2, -0.15) is 0 Å². The highest BCUT2D eigenvalue weighted by Gasteiger charge is 2.49. The van der Waals surface area contributed by atoms with Gasteiger partial charge in [-0.1, -0.05) is 11.6 Å². The van der Waals surface area contributed by atoms with Gasteiger partial charge in [0.1, 0.15) is 16.9 Å². The number of hydrogen-bond acceptors (Lipinski definition) is 4. The maximum Gasteiger partial charge on any atom is 0.251 e. The maximum atomic E-state index is 13.2. The second-order valence-electron chi connectivity index (χ2n) is 7.41. The van der Waals surface area contributed by atoms with Crippen molar-refractivity contribution in [2.45, 2.75) is 44.1 Å². The topological polar surface area (TPSA) is 80.3 Å². The maximum absolute atomic E-state index is 13.2. The molecule has 0 unspecified atom stereocenters. The van der Waals surface area contributed by atoms with Crippen molar-refractivity contribution >= 4 is 29.1 Å². The number of ether oxygens (including phenoxy) is 1. The quantitative estimate of drug-likeness (QED) is 0.792. The molecule has 8 heteroatoms. The van der Waals surface area contributed by atoms with Gasteiger partial charge < -0.3 is 15.4 Å². The molecule has 152 valence electrons. The van der Waals surface area contributed by atoms with Crippen molar-refractivity contribution < 1.29 is 18.7 Å². The van der Waals surface area contributed by atoms with Crippen LogP contribution in [0.4, 0.5) is 10.1 Å². The van der Waals surface area contributed by atoms with Crippen LogP contribution < -0.4 is 15.4 Å². The number of carbonyl (C=O) groups is 2. The number of carbonyl (C=O) groups excluding carboxylic acids is 2. The average molecular weight is 418 g/mol. The number of nitrogens with one attached hydrogen (secondary N) is 2. The highest BCUT2D eigenvalue weighted by molar-refractivity contribution is 6.31. The molecule has 0 radical (unpaired) electrons. The van der Waals surface area contributed by atoms with Crippen LogP contribution in [-0.4, -0.2) is 29.4 Å². The van der Waals surface area contributed by atoms with Crippen LogP contribution >= 0.6 is 11.6 Å². The molecular formula is C21H21ClFN3O3. The smallest absolute Gasteiger partial charge is 0.251 e. The third-order valence-corrected chi connectivity index (χ3v) is 5.93. The third kappa shape index (κ3) is 3.55. The summed E-state index contributed by atoms with van der Waals surface area (Å²) < 4.78 is 19.0. The van der Waals surface area contributed by atoms with Crippen molar-refractivity contribution in [1.29, 1.82) is 0 Å². The molecule has 6 nitrogen and oxygen atoms in total. The summed E-state index contributed by atoms with van der Waals surface area (Å²) in [4.78, 5) is 29.0. The normalized spacial score (nSPS) is 22.9. The van der Waals surface area contributed by atoms with E-state index in [0.29, 0.717) is 37.8 Å². The van der Waals surface area contributed by atoms with Gasteiger partial charge in [-0.05, 0) is 62.4 Å². The zero-order chi connectivity index (χ0) is 20.6. The molecule has 1 aliphatic heterocycles. The minimum atomic E-state index is -0.669. The van der Waals surface area contributed by atoms with Crippen LogP contribution in [0.2, 0.25) is 5.02 Å². The molecular weight excluding hydrogens is 397 g/mol. The van der Waals surface area contributed by atoms with E-state index in [4.69, 9.17) is 16.3 Å². The molecule has 1 aliphatic carbocycles. The minimum absolute atomic E-state index is 0.0445. The summed E-state index contributed by atoms with van der Waals surface area (Å²) in [6, 6.07) is 6.49. The number of amides is 2. The lowest BCUT2D eigenvalue weighted by molar-refractivity contribution is -0.122. The number of aromatic nitrogens is 1. The van der Waals surface area contributed by atoms with Crippen molar-refractivity contribution in [3.05, 3.63) is 52.4 Å². The first-order valence-electron chi connectivity index (χ1n) is 9.65. The van der Waals surface area contributed by atoms with E-state index in [1.807, 2.05) is 13.0 Å². The second kappa shape index (κ2) is 7.63. The van der Waals surface area contributed by atoms with E-state index < -0.39 is 11.2 Å². The van der Waals surface area contributed by atoms with Crippen LogP contribution in [0.3, 0.4) is 0 Å². The molecule has 29 heavy (non-hydrogen) atoms. The van der Waals surface area contributed by atoms with Crippen LogP contribution in [0.1, 0.15) is 48.5 Å².